The molecule has 0 aliphatic rings. The van der Waals surface area contributed by atoms with Crippen molar-refractivity contribution in [3.05, 3.63) is 64.3 Å². The van der Waals surface area contributed by atoms with Gasteiger partial charge >= 0.3 is 11.9 Å². The van der Waals surface area contributed by atoms with Gasteiger partial charge in [-0.05, 0) is 38.1 Å². The van der Waals surface area contributed by atoms with E-state index in [2.05, 4.69) is 0 Å². The minimum Gasteiger partial charge on any atom is -0.493 e. The normalized spacial score (nSPS) is 10.7. The second-order valence-electron chi connectivity index (χ2n) is 5.75. The van der Waals surface area contributed by atoms with Gasteiger partial charge in [0.25, 0.3) is 0 Å². The fraction of sp³-hybridized carbons (Fsp3) is 0.238. The van der Waals surface area contributed by atoms with E-state index in [9.17, 15) is 14.0 Å². The number of carbonyl (C=O) groups is 2. The highest BCUT2D eigenvalue weighted by Crippen LogP contribution is 2.34. The fourth-order valence-corrected chi connectivity index (χ4v) is 3.91. The van der Waals surface area contributed by atoms with Gasteiger partial charge < -0.3 is 14.2 Å². The second kappa shape index (κ2) is 8.84. The Morgan fingerprint density at radius 2 is 1.75 bits per heavy atom. The lowest BCUT2D eigenvalue weighted by molar-refractivity contribution is 0.0450. The molecule has 0 fully saturated rings. The van der Waals surface area contributed by atoms with Gasteiger partial charge in [0.1, 0.15) is 28.6 Å². The lowest BCUT2D eigenvalue weighted by Gasteiger charge is -2.10. The third-order valence-corrected chi connectivity index (χ3v) is 5.16. The van der Waals surface area contributed by atoms with E-state index >= 15 is 0 Å². The molecule has 0 aliphatic heterocycles. The molecule has 0 bridgehead atoms. The van der Waals surface area contributed by atoms with Crippen LogP contribution >= 0.6 is 11.3 Å². The highest BCUT2D eigenvalue weighted by atomic mass is 32.1. The number of thiophene rings is 1. The summed E-state index contributed by atoms with van der Waals surface area (Å²) in [5, 5.41) is 0.265. The van der Waals surface area contributed by atoms with Crippen molar-refractivity contribution < 1.29 is 28.2 Å². The highest BCUT2D eigenvalue weighted by Gasteiger charge is 2.23. The van der Waals surface area contributed by atoms with E-state index < -0.39 is 17.8 Å². The Morgan fingerprint density at radius 1 is 0.964 bits per heavy atom. The predicted molar refractivity (Wildman–Crippen MR) is 104 cm³/mol. The Kier molecular flexibility index (Phi) is 6.26. The first kappa shape index (κ1) is 19.8. The zero-order valence-electron chi connectivity index (χ0n) is 15.5. The van der Waals surface area contributed by atoms with Crippen LogP contribution in [0.15, 0.2) is 42.5 Å². The van der Waals surface area contributed by atoms with Crippen LogP contribution in [-0.2, 0) is 16.1 Å². The molecule has 1 aromatic heterocycles. The summed E-state index contributed by atoms with van der Waals surface area (Å²) in [5.41, 5.74) is 0.570. The maximum absolute atomic E-state index is 14.4. The second-order valence-corrected chi connectivity index (χ2v) is 6.80. The predicted octanol–water partition coefficient (Wildman–Crippen LogP) is 4.97. The van der Waals surface area contributed by atoms with Gasteiger partial charge in [-0.3, -0.25) is 0 Å². The summed E-state index contributed by atoms with van der Waals surface area (Å²) in [4.78, 5) is 25.1. The van der Waals surface area contributed by atoms with E-state index in [4.69, 9.17) is 14.2 Å². The van der Waals surface area contributed by atoms with Gasteiger partial charge in [0.05, 0.1) is 13.2 Å². The van der Waals surface area contributed by atoms with Crippen LogP contribution in [0.4, 0.5) is 4.39 Å². The van der Waals surface area contributed by atoms with Gasteiger partial charge in [-0.2, -0.15) is 0 Å². The van der Waals surface area contributed by atoms with E-state index in [0.717, 1.165) is 11.3 Å². The van der Waals surface area contributed by atoms with Crippen LogP contribution in [0.25, 0.3) is 10.1 Å². The number of ether oxygens (including phenoxy) is 3. The molecule has 0 saturated heterocycles. The molecule has 7 heteroatoms. The smallest absolute Gasteiger partial charge is 0.348 e. The van der Waals surface area contributed by atoms with Crippen molar-refractivity contribution in [2.45, 2.75) is 20.5 Å². The number of fused-ring (bicyclic) bond motifs is 1. The number of rotatable bonds is 7. The van der Waals surface area contributed by atoms with Crippen molar-refractivity contribution in [1.82, 2.24) is 0 Å². The van der Waals surface area contributed by atoms with Gasteiger partial charge in [0, 0.05) is 15.6 Å². The molecule has 0 saturated carbocycles. The summed E-state index contributed by atoms with van der Waals surface area (Å²) in [6.07, 6.45) is 0. The zero-order valence-corrected chi connectivity index (χ0v) is 16.3. The first-order valence-corrected chi connectivity index (χ1v) is 9.64. The Bertz CT molecular complexity index is 1010. The number of hydrogen-bond donors (Lipinski definition) is 0. The van der Waals surface area contributed by atoms with E-state index in [-0.39, 0.29) is 29.0 Å². The highest BCUT2D eigenvalue weighted by molar-refractivity contribution is 7.21. The molecule has 0 spiro atoms. The maximum atomic E-state index is 14.4. The number of halogens is 1. The standard InChI is InChI=1S/C21H19FO5S/c1-3-25-16-10-6-5-8-13(16)20(23)27-12-14-18-15(22)9-7-11-17(18)28-19(14)21(24)26-4-2/h5-11H,3-4,12H2,1-2H3. The summed E-state index contributed by atoms with van der Waals surface area (Å²) < 4.78 is 30.9. The third-order valence-electron chi connectivity index (χ3n) is 3.98. The zero-order chi connectivity index (χ0) is 20.1. The van der Waals surface area contributed by atoms with E-state index in [0.29, 0.717) is 22.6 Å². The molecule has 146 valence electrons. The van der Waals surface area contributed by atoms with Crippen LogP contribution in [0, 0.1) is 5.82 Å². The molecule has 28 heavy (non-hydrogen) atoms. The largest absolute Gasteiger partial charge is 0.493 e. The molecule has 3 rings (SSSR count). The molecule has 2 aromatic carbocycles. The SMILES string of the molecule is CCOC(=O)c1sc2cccc(F)c2c1COC(=O)c1ccccc1OCC. The van der Waals surface area contributed by atoms with E-state index in [1.165, 1.54) is 6.07 Å². The molecule has 0 amide bonds. The van der Waals surface area contributed by atoms with Crippen molar-refractivity contribution in [3.63, 3.8) is 0 Å². The van der Waals surface area contributed by atoms with E-state index in [1.807, 2.05) is 6.92 Å². The van der Waals surface area contributed by atoms with Crippen molar-refractivity contribution in [3.8, 4) is 5.75 Å². The molecule has 0 aliphatic carbocycles. The van der Waals surface area contributed by atoms with Crippen LogP contribution in [-0.4, -0.2) is 25.2 Å². The summed E-state index contributed by atoms with van der Waals surface area (Å²) in [7, 11) is 0. The Hall–Kier alpha value is -2.93. The average Bonchev–Trinajstić information content (AvgIpc) is 3.07. The fourth-order valence-electron chi connectivity index (χ4n) is 2.80. The summed E-state index contributed by atoms with van der Waals surface area (Å²) >= 11 is 1.11. The minimum atomic E-state index is -0.616. The summed E-state index contributed by atoms with van der Waals surface area (Å²) in [6, 6.07) is 11.3. The summed E-state index contributed by atoms with van der Waals surface area (Å²) in [6.45, 7) is 3.84. The number of benzene rings is 2. The molecule has 0 unspecified atom stereocenters. The third kappa shape index (κ3) is 3.99. The van der Waals surface area contributed by atoms with Gasteiger partial charge in [0.15, 0.2) is 0 Å². The van der Waals surface area contributed by atoms with Crippen molar-refractivity contribution in [1.29, 1.82) is 0 Å². The van der Waals surface area contributed by atoms with Crippen LogP contribution in [0.1, 0.15) is 39.4 Å². The molecule has 0 radical (unpaired) electrons. The topological polar surface area (TPSA) is 61.8 Å². The van der Waals surface area contributed by atoms with Crippen molar-refractivity contribution >= 4 is 33.4 Å². The lowest BCUT2D eigenvalue weighted by atomic mass is 10.1. The van der Waals surface area contributed by atoms with Crippen molar-refractivity contribution in [2.75, 3.05) is 13.2 Å². The maximum Gasteiger partial charge on any atom is 0.348 e. The molecule has 3 aromatic rings. The van der Waals surface area contributed by atoms with Crippen LogP contribution in [0.2, 0.25) is 0 Å². The van der Waals surface area contributed by atoms with Gasteiger partial charge in [0.2, 0.25) is 0 Å². The van der Waals surface area contributed by atoms with Gasteiger partial charge in [-0.1, -0.05) is 18.2 Å². The number of hydrogen-bond acceptors (Lipinski definition) is 6. The van der Waals surface area contributed by atoms with E-state index in [1.54, 1.807) is 43.3 Å². The lowest BCUT2D eigenvalue weighted by Crippen LogP contribution is -2.10. The quantitative estimate of drug-likeness (QED) is 0.522. The number of carbonyl (C=O) groups excluding carboxylic acids is 2. The molecular weight excluding hydrogens is 383 g/mol. The average molecular weight is 402 g/mol. The molecule has 0 N–H and O–H groups in total. The Morgan fingerprint density at radius 3 is 2.50 bits per heavy atom. The molecular formula is C21H19FO5S. The first-order chi connectivity index (χ1) is 13.6. The number of esters is 2. The summed E-state index contributed by atoms with van der Waals surface area (Å²) in [5.74, 6) is -1.26. The van der Waals surface area contributed by atoms with Crippen LogP contribution in [0.5, 0.6) is 5.75 Å². The molecule has 1 heterocycles. The van der Waals surface area contributed by atoms with Gasteiger partial charge in [-0.15, -0.1) is 11.3 Å². The Balaban J connectivity index is 1.92. The Labute approximate surface area is 165 Å². The van der Waals surface area contributed by atoms with Crippen LogP contribution < -0.4 is 4.74 Å². The number of para-hydroxylation sites is 1. The molecule has 5 nitrogen and oxygen atoms in total. The van der Waals surface area contributed by atoms with Crippen molar-refractivity contribution in [2.24, 2.45) is 0 Å². The van der Waals surface area contributed by atoms with Crippen LogP contribution in [0.3, 0.4) is 0 Å². The van der Waals surface area contributed by atoms with Gasteiger partial charge in [-0.25, -0.2) is 14.0 Å². The minimum absolute atomic E-state index is 0.191. The first-order valence-electron chi connectivity index (χ1n) is 8.82. The monoisotopic (exact) mass is 402 g/mol. The molecule has 0 atom stereocenters.